The average molecular weight is 568 g/mol. The highest BCUT2D eigenvalue weighted by Crippen LogP contribution is 2.50. The van der Waals surface area contributed by atoms with Gasteiger partial charge in [-0.05, 0) is 50.6 Å². The number of amides is 1. The normalized spacial score (nSPS) is 16.6. The lowest BCUT2D eigenvalue weighted by Gasteiger charge is -2.38. The Morgan fingerprint density at radius 2 is 1.69 bits per heavy atom. The molecule has 1 unspecified atom stereocenters. The van der Waals surface area contributed by atoms with Crippen LogP contribution in [-0.4, -0.2) is 39.2 Å². The Kier molecular flexibility index (Phi) is 6.68. The summed E-state index contributed by atoms with van der Waals surface area (Å²) in [7, 11) is 4.61. The zero-order valence-electron chi connectivity index (χ0n) is 22.3. The van der Waals surface area contributed by atoms with Gasteiger partial charge in [0.15, 0.2) is 0 Å². The van der Waals surface area contributed by atoms with Crippen molar-refractivity contribution in [1.82, 2.24) is 19.1 Å². The largest absolute Gasteiger partial charge is 0.480 e. The highest BCUT2D eigenvalue weighted by molar-refractivity contribution is 6.31. The van der Waals surface area contributed by atoms with E-state index >= 15 is 0 Å². The minimum Gasteiger partial charge on any atom is -0.480 e. The predicted molar refractivity (Wildman–Crippen MR) is 150 cm³/mol. The van der Waals surface area contributed by atoms with E-state index in [9.17, 15) is 9.59 Å². The SMILES string of the molecule is COc1ncc(-c2cc3c(n2C(C)C)C(C)(c2ccc(Cl)cc2)N(c2cc(Cl)c(=O)n(C)c2)C3=O)c(OC)n1. The van der Waals surface area contributed by atoms with Gasteiger partial charge in [0, 0.05) is 30.5 Å². The molecule has 4 heterocycles. The van der Waals surface area contributed by atoms with E-state index in [0.717, 1.165) is 17.0 Å². The van der Waals surface area contributed by atoms with Gasteiger partial charge in [0.05, 0.1) is 42.4 Å². The van der Waals surface area contributed by atoms with Gasteiger partial charge >= 0.3 is 6.01 Å². The third-order valence-corrected chi connectivity index (χ3v) is 7.59. The number of aryl methyl sites for hydroxylation is 1. The fraction of sp³-hybridized carbons (Fsp3) is 0.286. The van der Waals surface area contributed by atoms with Crippen molar-refractivity contribution in [2.45, 2.75) is 32.4 Å². The van der Waals surface area contributed by atoms with Crippen LogP contribution in [-0.2, 0) is 12.6 Å². The van der Waals surface area contributed by atoms with Crippen LogP contribution < -0.4 is 19.9 Å². The molecule has 3 aromatic heterocycles. The number of carbonyl (C=O) groups excluding carboxylic acids is 1. The number of halogens is 2. The Bertz CT molecular complexity index is 1640. The molecule has 1 aliphatic heterocycles. The second-order valence-corrected chi connectivity index (χ2v) is 10.6. The number of hydrogen-bond donors (Lipinski definition) is 0. The number of ether oxygens (including phenoxy) is 2. The van der Waals surface area contributed by atoms with Crippen molar-refractivity contribution in [2.75, 3.05) is 19.1 Å². The molecule has 4 aromatic rings. The van der Waals surface area contributed by atoms with Gasteiger partial charge < -0.3 is 18.6 Å². The van der Waals surface area contributed by atoms with Crippen molar-refractivity contribution in [3.8, 4) is 23.1 Å². The van der Waals surface area contributed by atoms with E-state index in [1.165, 1.54) is 24.9 Å². The Hall–Kier alpha value is -3.82. The summed E-state index contributed by atoms with van der Waals surface area (Å²) in [6, 6.07) is 10.8. The number of benzene rings is 1. The quantitative estimate of drug-likeness (QED) is 0.306. The summed E-state index contributed by atoms with van der Waals surface area (Å²) in [5.74, 6) is 0.0773. The van der Waals surface area contributed by atoms with Crippen molar-refractivity contribution in [3.05, 3.63) is 86.0 Å². The Morgan fingerprint density at radius 1 is 1.00 bits per heavy atom. The fourth-order valence-corrected chi connectivity index (χ4v) is 5.70. The first-order valence-corrected chi connectivity index (χ1v) is 13.0. The number of anilines is 1. The minimum absolute atomic E-state index is 0.0189. The highest BCUT2D eigenvalue weighted by Gasteiger charge is 2.52. The molecule has 9 nitrogen and oxygen atoms in total. The van der Waals surface area contributed by atoms with Crippen LogP contribution in [0, 0.1) is 0 Å². The van der Waals surface area contributed by atoms with E-state index in [0.29, 0.717) is 27.7 Å². The van der Waals surface area contributed by atoms with Crippen LogP contribution in [0.3, 0.4) is 0 Å². The molecule has 11 heteroatoms. The molecule has 0 saturated heterocycles. The molecule has 0 saturated carbocycles. The summed E-state index contributed by atoms with van der Waals surface area (Å²) in [5, 5.41) is 0.592. The van der Waals surface area contributed by atoms with Crippen LogP contribution in [0.2, 0.25) is 10.0 Å². The molecule has 1 aliphatic rings. The predicted octanol–water partition coefficient (Wildman–Crippen LogP) is 5.47. The third kappa shape index (κ3) is 4.08. The van der Waals surface area contributed by atoms with Crippen LogP contribution in [0.4, 0.5) is 5.69 Å². The summed E-state index contributed by atoms with van der Waals surface area (Å²) >= 11 is 12.6. The average Bonchev–Trinajstić information content (AvgIpc) is 3.41. The van der Waals surface area contributed by atoms with Crippen molar-refractivity contribution in [2.24, 2.45) is 7.05 Å². The Balaban J connectivity index is 1.84. The number of nitrogens with zero attached hydrogens (tertiary/aromatic N) is 5. The van der Waals surface area contributed by atoms with Crippen LogP contribution in [0.25, 0.3) is 11.3 Å². The van der Waals surface area contributed by atoms with Gasteiger partial charge in [0.1, 0.15) is 10.6 Å². The number of carbonyl (C=O) groups is 1. The highest BCUT2D eigenvalue weighted by atomic mass is 35.5. The van der Waals surface area contributed by atoms with Gasteiger partial charge in [-0.1, -0.05) is 35.3 Å². The molecular formula is C28H27Cl2N5O4. The topological polar surface area (TPSA) is 91.5 Å². The lowest BCUT2D eigenvalue weighted by Crippen LogP contribution is -2.44. The summed E-state index contributed by atoms with van der Waals surface area (Å²) in [6.07, 6.45) is 3.25. The number of fused-ring (bicyclic) bond motifs is 1. The number of methoxy groups -OCH3 is 2. The van der Waals surface area contributed by atoms with Gasteiger partial charge in [0.25, 0.3) is 11.5 Å². The van der Waals surface area contributed by atoms with Crippen LogP contribution in [0.5, 0.6) is 11.9 Å². The molecule has 1 amide bonds. The van der Waals surface area contributed by atoms with Crippen molar-refractivity contribution in [1.29, 1.82) is 0 Å². The lowest BCUT2D eigenvalue weighted by atomic mass is 9.87. The lowest BCUT2D eigenvalue weighted by molar-refractivity contribution is 0.0984. The molecule has 0 aliphatic carbocycles. The molecule has 0 bridgehead atoms. The monoisotopic (exact) mass is 567 g/mol. The summed E-state index contributed by atoms with van der Waals surface area (Å²) in [6.45, 7) is 6.06. The van der Waals surface area contributed by atoms with E-state index in [4.69, 9.17) is 32.7 Å². The number of aromatic nitrogens is 4. The maximum absolute atomic E-state index is 14.3. The maximum atomic E-state index is 14.3. The summed E-state index contributed by atoms with van der Waals surface area (Å²) in [5.41, 5.74) is 2.57. The molecule has 39 heavy (non-hydrogen) atoms. The van der Waals surface area contributed by atoms with Crippen LogP contribution >= 0.6 is 23.2 Å². The smallest absolute Gasteiger partial charge is 0.319 e. The molecular weight excluding hydrogens is 541 g/mol. The zero-order valence-corrected chi connectivity index (χ0v) is 23.8. The van der Waals surface area contributed by atoms with E-state index < -0.39 is 5.54 Å². The summed E-state index contributed by atoms with van der Waals surface area (Å²) in [4.78, 5) is 37.0. The van der Waals surface area contributed by atoms with Crippen molar-refractivity contribution >= 4 is 34.8 Å². The molecule has 202 valence electrons. The fourth-order valence-electron chi connectivity index (χ4n) is 5.33. The van der Waals surface area contributed by atoms with Gasteiger partial charge in [-0.25, -0.2) is 4.98 Å². The summed E-state index contributed by atoms with van der Waals surface area (Å²) < 4.78 is 14.2. The third-order valence-electron chi connectivity index (χ3n) is 7.07. The molecule has 5 rings (SSSR count). The van der Waals surface area contributed by atoms with Gasteiger partial charge in [-0.3, -0.25) is 14.5 Å². The van der Waals surface area contributed by atoms with Crippen LogP contribution in [0.15, 0.2) is 53.6 Å². The minimum atomic E-state index is -0.999. The number of hydrogen-bond acceptors (Lipinski definition) is 6. The molecule has 0 N–H and O–H groups in total. The first kappa shape index (κ1) is 26.8. The zero-order chi connectivity index (χ0) is 28.2. The maximum Gasteiger partial charge on any atom is 0.319 e. The van der Waals surface area contributed by atoms with E-state index in [1.807, 2.05) is 39.0 Å². The molecule has 0 spiro atoms. The first-order chi connectivity index (χ1) is 18.5. The number of pyridine rings is 1. The molecule has 0 radical (unpaired) electrons. The first-order valence-electron chi connectivity index (χ1n) is 12.2. The molecule has 1 atom stereocenters. The van der Waals surface area contributed by atoms with Gasteiger partial charge in [-0.15, -0.1) is 0 Å². The van der Waals surface area contributed by atoms with E-state index in [-0.39, 0.29) is 28.5 Å². The number of rotatable bonds is 6. The standard InChI is InChI=1S/C28H27Cl2N5O4/c1-15(2)34-22(20-13-31-27(39-6)32-24(20)38-5)12-19-23(34)28(3,16-7-9-17(29)10-8-16)35(25(19)36)18-11-21(30)26(37)33(4)14-18/h7-15H,1-6H3. The molecule has 0 fully saturated rings. The van der Waals surface area contributed by atoms with Gasteiger partial charge in [0.2, 0.25) is 5.88 Å². The Morgan fingerprint density at radius 3 is 2.28 bits per heavy atom. The van der Waals surface area contributed by atoms with Crippen LogP contribution in [0.1, 0.15) is 48.4 Å². The second-order valence-electron chi connectivity index (χ2n) is 9.72. The molecule has 1 aromatic carbocycles. The van der Waals surface area contributed by atoms with Gasteiger partial charge in [-0.2, -0.15) is 4.98 Å². The van der Waals surface area contributed by atoms with E-state index in [2.05, 4.69) is 14.5 Å². The van der Waals surface area contributed by atoms with Crippen molar-refractivity contribution < 1.29 is 14.3 Å². The van der Waals surface area contributed by atoms with E-state index in [1.54, 1.807) is 36.5 Å². The Labute approximate surface area is 235 Å². The second kappa shape index (κ2) is 9.73. The van der Waals surface area contributed by atoms with Crippen molar-refractivity contribution in [3.63, 3.8) is 0 Å².